The number of carboxylic acids is 1. The number of methoxy groups -OCH3 is 1. The molecule has 196 valence electrons. The molecule has 1 aromatic heterocycles. The molecule has 0 bridgehead atoms. The molecule has 1 aliphatic rings. The minimum atomic E-state index is -2.99. The van der Waals surface area contributed by atoms with Gasteiger partial charge in [0, 0.05) is 37.4 Å². The van der Waals surface area contributed by atoms with Crippen LogP contribution in [0, 0.1) is 17.7 Å². The number of aromatic nitrogens is 1. The molecule has 10 heteroatoms. The zero-order valence-electron chi connectivity index (χ0n) is 20.8. The molecule has 36 heavy (non-hydrogen) atoms. The smallest absolute Gasteiger partial charge is 0.337 e. The number of rotatable bonds is 9. The van der Waals surface area contributed by atoms with Gasteiger partial charge in [0.2, 0.25) is 11.8 Å². The molecule has 0 unspecified atom stereocenters. The summed E-state index contributed by atoms with van der Waals surface area (Å²) in [6.45, 7) is 5.41. The summed E-state index contributed by atoms with van der Waals surface area (Å²) in [5.74, 6) is -3.62. The first-order valence-electron chi connectivity index (χ1n) is 11.9. The third-order valence-electron chi connectivity index (χ3n) is 6.43. The third-order valence-corrected chi connectivity index (χ3v) is 6.43. The van der Waals surface area contributed by atoms with Gasteiger partial charge in [0.1, 0.15) is 0 Å². The van der Waals surface area contributed by atoms with Crippen molar-refractivity contribution in [3.8, 4) is 11.6 Å². The summed E-state index contributed by atoms with van der Waals surface area (Å²) in [6.07, 6.45) is 1.34. The van der Waals surface area contributed by atoms with E-state index in [1.165, 1.54) is 24.3 Å². The summed E-state index contributed by atoms with van der Waals surface area (Å²) in [5.41, 5.74) is -0.970. The van der Waals surface area contributed by atoms with Crippen LogP contribution in [0.15, 0.2) is 24.4 Å². The van der Waals surface area contributed by atoms with Gasteiger partial charge in [0.25, 0.3) is 6.43 Å². The molecule has 1 amide bonds. The maximum absolute atomic E-state index is 15.2. The standard InChI is InChI=1S/C26H31F3N2O5/c1-14(2)31(25(32)16-7-5-15(3)6-8-16)20-12-19(27)21(11-18(20)26(33)34)36-24-22(23(28)29)17(13-35-4)9-10-30-24/h9-12,14-16,23H,5-8,13H2,1-4H3,(H,33,34)/t15-,16-. The highest BCUT2D eigenvalue weighted by molar-refractivity contribution is 6.03. The molecule has 0 saturated heterocycles. The lowest BCUT2D eigenvalue weighted by atomic mass is 9.82. The van der Waals surface area contributed by atoms with Gasteiger partial charge >= 0.3 is 5.97 Å². The Labute approximate surface area is 208 Å². The van der Waals surface area contributed by atoms with E-state index in [9.17, 15) is 23.5 Å². The van der Waals surface area contributed by atoms with Crippen molar-refractivity contribution in [2.24, 2.45) is 11.8 Å². The summed E-state index contributed by atoms with van der Waals surface area (Å²) < 4.78 is 53.1. The Balaban J connectivity index is 2.03. The lowest BCUT2D eigenvalue weighted by molar-refractivity contribution is -0.123. The van der Waals surface area contributed by atoms with Crippen LogP contribution in [0.5, 0.6) is 11.6 Å². The molecule has 1 fully saturated rings. The second kappa shape index (κ2) is 11.7. The molecule has 0 atom stereocenters. The fraction of sp³-hybridized carbons (Fsp3) is 0.500. The van der Waals surface area contributed by atoms with Gasteiger partial charge in [0.05, 0.1) is 23.4 Å². The Morgan fingerprint density at radius 1 is 1.19 bits per heavy atom. The topological polar surface area (TPSA) is 89.0 Å². The number of amides is 1. The number of ether oxygens (including phenoxy) is 2. The Morgan fingerprint density at radius 2 is 1.86 bits per heavy atom. The van der Waals surface area contributed by atoms with E-state index in [1.807, 2.05) is 0 Å². The zero-order valence-corrected chi connectivity index (χ0v) is 20.8. The number of anilines is 1. The van der Waals surface area contributed by atoms with E-state index in [4.69, 9.17) is 9.47 Å². The van der Waals surface area contributed by atoms with Crippen LogP contribution in [0.25, 0.3) is 0 Å². The number of alkyl halides is 2. The van der Waals surface area contributed by atoms with Gasteiger partial charge < -0.3 is 19.5 Å². The number of benzene rings is 1. The second-order valence-corrected chi connectivity index (χ2v) is 9.39. The highest BCUT2D eigenvalue weighted by atomic mass is 19.3. The number of hydrogen-bond donors (Lipinski definition) is 1. The van der Waals surface area contributed by atoms with Gasteiger partial charge in [-0.1, -0.05) is 6.92 Å². The second-order valence-electron chi connectivity index (χ2n) is 9.39. The molecule has 2 aromatic rings. The molecule has 3 rings (SSSR count). The third kappa shape index (κ3) is 5.98. The summed E-state index contributed by atoms with van der Waals surface area (Å²) in [6, 6.07) is 2.69. The van der Waals surface area contributed by atoms with Gasteiger partial charge in [-0.05, 0) is 57.1 Å². The Morgan fingerprint density at radius 3 is 2.42 bits per heavy atom. The van der Waals surface area contributed by atoms with Crippen molar-refractivity contribution in [3.63, 3.8) is 0 Å². The number of carbonyl (C=O) groups excluding carboxylic acids is 1. The zero-order chi connectivity index (χ0) is 26.6. The van der Waals surface area contributed by atoms with Gasteiger partial charge in [-0.2, -0.15) is 0 Å². The summed E-state index contributed by atoms with van der Waals surface area (Å²) >= 11 is 0. The molecule has 0 radical (unpaired) electrons. The number of nitrogens with zero attached hydrogens (tertiary/aromatic N) is 2. The normalized spacial score (nSPS) is 17.9. The largest absolute Gasteiger partial charge is 0.478 e. The Bertz CT molecular complexity index is 1100. The fourth-order valence-electron chi connectivity index (χ4n) is 4.54. The lowest BCUT2D eigenvalue weighted by Gasteiger charge is -2.34. The number of hydrogen-bond acceptors (Lipinski definition) is 5. The minimum absolute atomic E-state index is 0.103. The molecule has 1 saturated carbocycles. The minimum Gasteiger partial charge on any atom is -0.478 e. The molecule has 1 N–H and O–H groups in total. The monoisotopic (exact) mass is 508 g/mol. The van der Waals surface area contributed by atoms with Crippen LogP contribution in [0.1, 0.15) is 74.4 Å². The van der Waals surface area contributed by atoms with Crippen molar-refractivity contribution >= 4 is 17.6 Å². The SMILES string of the molecule is COCc1ccnc(Oc2cc(C(=O)O)c(N(C(=O)[C@H]3CC[C@H](C)CC3)C(C)C)cc2F)c1C(F)F. The van der Waals surface area contributed by atoms with E-state index in [1.54, 1.807) is 13.8 Å². The van der Waals surface area contributed by atoms with Crippen LogP contribution in [-0.2, 0) is 16.1 Å². The molecule has 1 aliphatic carbocycles. The lowest BCUT2D eigenvalue weighted by Crippen LogP contribution is -2.43. The summed E-state index contributed by atoms with van der Waals surface area (Å²) in [7, 11) is 1.34. The molecule has 0 aliphatic heterocycles. The fourth-order valence-corrected chi connectivity index (χ4v) is 4.54. The molecule has 0 spiro atoms. The highest BCUT2D eigenvalue weighted by Crippen LogP contribution is 2.38. The van der Waals surface area contributed by atoms with Crippen molar-refractivity contribution in [2.45, 2.75) is 65.5 Å². The average Bonchev–Trinajstić information content (AvgIpc) is 2.81. The molecule has 1 aromatic carbocycles. The Kier molecular flexibility index (Phi) is 8.94. The Hall–Kier alpha value is -3.14. The van der Waals surface area contributed by atoms with Crippen LogP contribution in [0.2, 0.25) is 0 Å². The van der Waals surface area contributed by atoms with E-state index in [0.717, 1.165) is 25.0 Å². The number of pyridine rings is 1. The van der Waals surface area contributed by atoms with Gasteiger partial charge in [-0.15, -0.1) is 0 Å². The van der Waals surface area contributed by atoms with Crippen molar-refractivity contribution in [3.05, 3.63) is 46.9 Å². The van der Waals surface area contributed by atoms with E-state index in [-0.39, 0.29) is 35.2 Å². The predicted molar refractivity (Wildman–Crippen MR) is 127 cm³/mol. The predicted octanol–water partition coefficient (Wildman–Crippen LogP) is 6.36. The van der Waals surface area contributed by atoms with Crippen molar-refractivity contribution < 1.29 is 37.3 Å². The first-order valence-corrected chi connectivity index (χ1v) is 11.9. The summed E-state index contributed by atoms with van der Waals surface area (Å²) in [4.78, 5) is 30.7. The summed E-state index contributed by atoms with van der Waals surface area (Å²) in [5, 5.41) is 9.89. The maximum Gasteiger partial charge on any atom is 0.337 e. The van der Waals surface area contributed by atoms with Gasteiger partial charge in [0.15, 0.2) is 11.6 Å². The van der Waals surface area contributed by atoms with Crippen LogP contribution in [-0.4, -0.2) is 35.1 Å². The average molecular weight is 509 g/mol. The van der Waals surface area contributed by atoms with Crippen LogP contribution in [0.3, 0.4) is 0 Å². The number of aromatic carboxylic acids is 1. The number of halogens is 3. The van der Waals surface area contributed by atoms with E-state index >= 15 is 4.39 Å². The van der Waals surface area contributed by atoms with Crippen molar-refractivity contribution in [2.75, 3.05) is 12.0 Å². The van der Waals surface area contributed by atoms with E-state index in [2.05, 4.69) is 11.9 Å². The first kappa shape index (κ1) is 27.4. The van der Waals surface area contributed by atoms with Crippen molar-refractivity contribution in [1.29, 1.82) is 0 Å². The number of carboxylic acid groups (broad SMARTS) is 1. The maximum atomic E-state index is 15.2. The highest BCUT2D eigenvalue weighted by Gasteiger charge is 2.33. The molecule has 1 heterocycles. The molecular weight excluding hydrogens is 477 g/mol. The quantitative estimate of drug-likeness (QED) is 0.424. The van der Waals surface area contributed by atoms with E-state index in [0.29, 0.717) is 18.8 Å². The number of carbonyl (C=O) groups is 2. The van der Waals surface area contributed by atoms with Crippen molar-refractivity contribution in [1.82, 2.24) is 4.98 Å². The van der Waals surface area contributed by atoms with Crippen LogP contribution in [0.4, 0.5) is 18.9 Å². The molecular formula is C26H31F3N2O5. The van der Waals surface area contributed by atoms with Gasteiger partial charge in [-0.3, -0.25) is 4.79 Å². The van der Waals surface area contributed by atoms with Crippen LogP contribution < -0.4 is 9.64 Å². The van der Waals surface area contributed by atoms with E-state index < -0.39 is 41.4 Å². The first-order chi connectivity index (χ1) is 17.0. The van der Waals surface area contributed by atoms with Gasteiger partial charge in [-0.25, -0.2) is 22.9 Å². The van der Waals surface area contributed by atoms with Crippen LogP contribution >= 0.6 is 0 Å². The molecule has 7 nitrogen and oxygen atoms in total.